The molecule has 2 N–H and O–H groups in total. The second kappa shape index (κ2) is 7.37. The van der Waals surface area contributed by atoms with Crippen LogP contribution >= 0.6 is 11.8 Å². The Kier molecular flexibility index (Phi) is 5.79. The molecule has 0 spiro atoms. The highest BCUT2D eigenvalue weighted by Gasteiger charge is 2.21. The normalized spacial score (nSPS) is 24.4. The lowest BCUT2D eigenvalue weighted by Gasteiger charge is -2.27. The number of thioether (sulfide) groups is 1. The first-order valence-corrected chi connectivity index (χ1v) is 8.66. The van der Waals surface area contributed by atoms with Crippen molar-refractivity contribution in [2.75, 3.05) is 12.9 Å². The van der Waals surface area contributed by atoms with E-state index in [1.165, 1.54) is 31.2 Å². The van der Waals surface area contributed by atoms with Crippen LogP contribution in [0.4, 0.5) is 0 Å². The van der Waals surface area contributed by atoms with Crippen molar-refractivity contribution in [3.63, 3.8) is 0 Å². The summed E-state index contributed by atoms with van der Waals surface area (Å²) < 4.78 is 5.44. The van der Waals surface area contributed by atoms with Crippen LogP contribution in [-0.2, 0) is 0 Å². The van der Waals surface area contributed by atoms with E-state index in [1.54, 1.807) is 7.11 Å². The summed E-state index contributed by atoms with van der Waals surface area (Å²) >= 11 is 2.05. The molecule has 0 saturated heterocycles. The van der Waals surface area contributed by atoms with Gasteiger partial charge in [0.15, 0.2) is 0 Å². The maximum atomic E-state index is 6.39. The van der Waals surface area contributed by atoms with Crippen LogP contribution in [0.15, 0.2) is 18.2 Å². The van der Waals surface area contributed by atoms with Crippen molar-refractivity contribution in [1.29, 1.82) is 0 Å². The fourth-order valence-corrected chi connectivity index (χ4v) is 4.46. The molecule has 20 heavy (non-hydrogen) atoms. The predicted molar refractivity (Wildman–Crippen MR) is 88.5 cm³/mol. The van der Waals surface area contributed by atoms with Crippen molar-refractivity contribution in [2.45, 2.75) is 50.8 Å². The standard InChI is InChI=1S/C17H27NOS/c1-12-5-4-6-14(9-12)20-11-16(18)15-10-13(2)7-8-17(15)19-3/h7-8,10,12,14,16H,4-6,9,11,18H2,1-3H3. The van der Waals surface area contributed by atoms with E-state index in [2.05, 4.69) is 26.0 Å². The Morgan fingerprint density at radius 1 is 1.40 bits per heavy atom. The number of hydrogen-bond acceptors (Lipinski definition) is 3. The van der Waals surface area contributed by atoms with Gasteiger partial charge in [0, 0.05) is 22.6 Å². The Labute approximate surface area is 127 Å². The Morgan fingerprint density at radius 3 is 2.90 bits per heavy atom. The van der Waals surface area contributed by atoms with Gasteiger partial charge in [-0.1, -0.05) is 37.5 Å². The summed E-state index contributed by atoms with van der Waals surface area (Å²) in [5.74, 6) is 2.78. The van der Waals surface area contributed by atoms with Gasteiger partial charge in [0.2, 0.25) is 0 Å². The maximum absolute atomic E-state index is 6.39. The monoisotopic (exact) mass is 293 g/mol. The second-order valence-electron chi connectivity index (χ2n) is 6.08. The van der Waals surface area contributed by atoms with E-state index in [4.69, 9.17) is 10.5 Å². The van der Waals surface area contributed by atoms with Crippen molar-refractivity contribution < 1.29 is 4.74 Å². The summed E-state index contributed by atoms with van der Waals surface area (Å²) in [5, 5.41) is 0.792. The van der Waals surface area contributed by atoms with Gasteiger partial charge in [-0.25, -0.2) is 0 Å². The zero-order chi connectivity index (χ0) is 14.5. The molecule has 1 aliphatic rings. The van der Waals surface area contributed by atoms with Crippen LogP contribution in [0.2, 0.25) is 0 Å². The molecule has 0 amide bonds. The smallest absolute Gasteiger partial charge is 0.123 e. The van der Waals surface area contributed by atoms with Crippen molar-refractivity contribution >= 4 is 11.8 Å². The lowest BCUT2D eigenvalue weighted by atomic mass is 9.91. The van der Waals surface area contributed by atoms with Crippen molar-refractivity contribution in [2.24, 2.45) is 11.7 Å². The highest BCUT2D eigenvalue weighted by atomic mass is 32.2. The maximum Gasteiger partial charge on any atom is 0.123 e. The molecule has 0 aliphatic heterocycles. The SMILES string of the molecule is COc1ccc(C)cc1C(N)CSC1CCCC(C)C1. The van der Waals surface area contributed by atoms with Gasteiger partial charge in [-0.3, -0.25) is 0 Å². The molecule has 3 atom stereocenters. The molecule has 1 aromatic rings. The molecule has 1 aromatic carbocycles. The first-order chi connectivity index (χ1) is 9.60. The van der Waals surface area contributed by atoms with Crippen LogP contribution in [0.3, 0.4) is 0 Å². The highest BCUT2D eigenvalue weighted by molar-refractivity contribution is 7.99. The summed E-state index contributed by atoms with van der Waals surface area (Å²) in [4.78, 5) is 0. The summed E-state index contributed by atoms with van der Waals surface area (Å²) in [5.41, 5.74) is 8.78. The third-order valence-electron chi connectivity index (χ3n) is 4.18. The molecule has 0 heterocycles. The van der Waals surface area contributed by atoms with E-state index in [-0.39, 0.29) is 6.04 Å². The first kappa shape index (κ1) is 15.7. The molecule has 0 bridgehead atoms. The van der Waals surface area contributed by atoms with E-state index in [0.29, 0.717) is 0 Å². The predicted octanol–water partition coefficient (Wildman–Crippen LogP) is 4.32. The minimum Gasteiger partial charge on any atom is -0.496 e. The summed E-state index contributed by atoms with van der Waals surface area (Å²) in [6, 6.07) is 6.32. The number of rotatable bonds is 5. The van der Waals surface area contributed by atoms with E-state index >= 15 is 0 Å². The highest BCUT2D eigenvalue weighted by Crippen LogP contribution is 2.34. The van der Waals surface area contributed by atoms with Crippen molar-refractivity contribution in [3.05, 3.63) is 29.3 Å². The number of aryl methyl sites for hydroxylation is 1. The first-order valence-electron chi connectivity index (χ1n) is 7.62. The van der Waals surface area contributed by atoms with E-state index in [9.17, 15) is 0 Å². The average molecular weight is 293 g/mol. The largest absolute Gasteiger partial charge is 0.496 e. The van der Waals surface area contributed by atoms with Crippen LogP contribution < -0.4 is 10.5 Å². The quantitative estimate of drug-likeness (QED) is 0.878. The van der Waals surface area contributed by atoms with E-state index in [0.717, 1.165) is 28.2 Å². The minimum absolute atomic E-state index is 0.0621. The number of methoxy groups -OCH3 is 1. The lowest BCUT2D eigenvalue weighted by molar-refractivity contribution is 0.393. The van der Waals surface area contributed by atoms with Crippen LogP contribution in [0.25, 0.3) is 0 Å². The molecule has 0 aromatic heterocycles. The van der Waals surface area contributed by atoms with Crippen molar-refractivity contribution in [1.82, 2.24) is 0 Å². The minimum atomic E-state index is 0.0621. The second-order valence-corrected chi connectivity index (χ2v) is 7.41. The fourth-order valence-electron chi connectivity index (χ4n) is 3.00. The molecular weight excluding hydrogens is 266 g/mol. The molecule has 1 saturated carbocycles. The molecule has 1 fully saturated rings. The summed E-state index contributed by atoms with van der Waals surface area (Å²) in [6.45, 7) is 4.47. The number of benzene rings is 1. The third-order valence-corrected chi connectivity index (χ3v) is 5.64. The Bertz CT molecular complexity index is 435. The zero-order valence-corrected chi connectivity index (χ0v) is 13.7. The van der Waals surface area contributed by atoms with Gasteiger partial charge in [-0.15, -0.1) is 0 Å². The summed E-state index contributed by atoms with van der Waals surface area (Å²) in [7, 11) is 1.72. The molecule has 3 unspecified atom stereocenters. The molecule has 112 valence electrons. The van der Waals surface area contributed by atoms with Crippen molar-refractivity contribution in [3.8, 4) is 5.75 Å². The van der Waals surface area contributed by atoms with E-state index in [1.807, 2.05) is 17.8 Å². The number of hydrogen-bond donors (Lipinski definition) is 1. The summed E-state index contributed by atoms with van der Waals surface area (Å²) in [6.07, 6.45) is 5.48. The van der Waals surface area contributed by atoms with Crippen LogP contribution in [-0.4, -0.2) is 18.1 Å². The Morgan fingerprint density at radius 2 is 2.20 bits per heavy atom. The molecular formula is C17H27NOS. The number of nitrogens with two attached hydrogens (primary N) is 1. The molecule has 1 aliphatic carbocycles. The number of ether oxygens (including phenoxy) is 1. The zero-order valence-electron chi connectivity index (χ0n) is 12.9. The van der Waals surface area contributed by atoms with Crippen LogP contribution in [0.5, 0.6) is 5.75 Å². The van der Waals surface area contributed by atoms with Gasteiger partial charge in [0.25, 0.3) is 0 Å². The van der Waals surface area contributed by atoms with Gasteiger partial charge in [-0.05, 0) is 31.7 Å². The fraction of sp³-hybridized carbons (Fsp3) is 0.647. The Balaban J connectivity index is 1.94. The van der Waals surface area contributed by atoms with Crippen LogP contribution in [0.1, 0.15) is 49.8 Å². The Hall–Kier alpha value is -0.670. The topological polar surface area (TPSA) is 35.2 Å². The average Bonchev–Trinajstić information content (AvgIpc) is 2.45. The third kappa shape index (κ3) is 4.16. The molecule has 0 radical (unpaired) electrons. The van der Waals surface area contributed by atoms with Gasteiger partial charge in [0.1, 0.15) is 5.75 Å². The molecule has 2 rings (SSSR count). The van der Waals surface area contributed by atoms with E-state index < -0.39 is 0 Å². The van der Waals surface area contributed by atoms with Gasteiger partial charge < -0.3 is 10.5 Å². The van der Waals surface area contributed by atoms with Gasteiger partial charge in [-0.2, -0.15) is 11.8 Å². The van der Waals surface area contributed by atoms with Crippen LogP contribution in [0, 0.1) is 12.8 Å². The van der Waals surface area contributed by atoms with Gasteiger partial charge in [0.05, 0.1) is 7.11 Å². The molecule has 3 heteroatoms. The van der Waals surface area contributed by atoms with Gasteiger partial charge >= 0.3 is 0 Å². The molecule has 2 nitrogen and oxygen atoms in total. The lowest BCUT2D eigenvalue weighted by Crippen LogP contribution is -2.20.